The highest BCUT2D eigenvalue weighted by Crippen LogP contribution is 2.38. The number of benzene rings is 3. The van der Waals surface area contributed by atoms with Gasteiger partial charge in [-0.25, -0.2) is 8.42 Å². The molecule has 8 nitrogen and oxygen atoms in total. The van der Waals surface area contributed by atoms with Crippen molar-refractivity contribution < 1.29 is 22.7 Å². The van der Waals surface area contributed by atoms with E-state index in [1.807, 2.05) is 25.1 Å². The molecule has 0 unspecified atom stereocenters. The lowest BCUT2D eigenvalue weighted by molar-refractivity contribution is -0.127. The predicted molar refractivity (Wildman–Crippen MR) is 146 cm³/mol. The topological polar surface area (TPSA) is 88.2 Å². The molecule has 5 rings (SSSR count). The highest BCUT2D eigenvalue weighted by Gasteiger charge is 2.37. The molecule has 1 amide bonds. The van der Waals surface area contributed by atoms with E-state index in [1.165, 1.54) is 42.0 Å². The van der Waals surface area contributed by atoms with Gasteiger partial charge < -0.3 is 14.8 Å². The minimum atomic E-state index is -3.95. The summed E-state index contributed by atoms with van der Waals surface area (Å²) < 4.78 is 39.7. The van der Waals surface area contributed by atoms with E-state index >= 15 is 0 Å². The second-order valence-corrected chi connectivity index (χ2v) is 11.7. The molecule has 200 valence electrons. The zero-order valence-electron chi connectivity index (χ0n) is 21.7. The van der Waals surface area contributed by atoms with Crippen LogP contribution in [0.2, 0.25) is 0 Å². The van der Waals surface area contributed by atoms with Crippen molar-refractivity contribution in [3.8, 4) is 11.5 Å². The monoisotopic (exact) mass is 535 g/mol. The fourth-order valence-electron chi connectivity index (χ4n) is 4.86. The van der Waals surface area contributed by atoms with Gasteiger partial charge >= 0.3 is 0 Å². The third-order valence-electron chi connectivity index (χ3n) is 7.02. The summed E-state index contributed by atoms with van der Waals surface area (Å²) >= 11 is 0. The van der Waals surface area contributed by atoms with E-state index in [1.54, 1.807) is 24.3 Å². The van der Waals surface area contributed by atoms with Gasteiger partial charge in [-0.15, -0.1) is 0 Å². The molecule has 3 aromatic carbocycles. The van der Waals surface area contributed by atoms with E-state index in [9.17, 15) is 13.2 Å². The first kappa shape index (κ1) is 26.1. The summed E-state index contributed by atoms with van der Waals surface area (Å²) in [5.74, 6) is 0.543. The van der Waals surface area contributed by atoms with Gasteiger partial charge in [-0.1, -0.05) is 30.3 Å². The summed E-state index contributed by atoms with van der Waals surface area (Å²) in [5.41, 5.74) is 3.53. The molecular formula is C29H33N3O5S. The molecule has 0 spiro atoms. The predicted octanol–water partition coefficient (Wildman–Crippen LogP) is 3.87. The fraction of sp³-hybridized carbons (Fsp3) is 0.345. The number of ether oxygens (including phenoxy) is 2. The van der Waals surface area contributed by atoms with Crippen LogP contribution in [-0.4, -0.2) is 52.1 Å². The number of hydrogen-bond acceptors (Lipinski definition) is 6. The third-order valence-corrected chi connectivity index (χ3v) is 8.81. The van der Waals surface area contributed by atoms with Crippen molar-refractivity contribution in [3.63, 3.8) is 0 Å². The number of amides is 1. The number of carbonyl (C=O) groups is 1. The number of anilines is 1. The van der Waals surface area contributed by atoms with Crippen LogP contribution in [0.3, 0.4) is 0 Å². The van der Waals surface area contributed by atoms with Gasteiger partial charge in [-0.05, 0) is 85.9 Å². The van der Waals surface area contributed by atoms with Gasteiger partial charge in [0.1, 0.15) is 11.5 Å². The number of fused-ring (bicyclic) bond motifs is 1. The van der Waals surface area contributed by atoms with Crippen LogP contribution in [0.4, 0.5) is 5.69 Å². The lowest BCUT2D eigenvalue weighted by Crippen LogP contribution is -2.50. The molecule has 2 aliphatic heterocycles. The number of rotatable bonds is 8. The summed E-state index contributed by atoms with van der Waals surface area (Å²) in [4.78, 5) is 15.7. The van der Waals surface area contributed by atoms with Gasteiger partial charge in [-0.2, -0.15) is 0 Å². The van der Waals surface area contributed by atoms with Crippen molar-refractivity contribution in [2.24, 2.45) is 0 Å². The molecule has 1 fully saturated rings. The minimum absolute atomic E-state index is 0.112. The lowest BCUT2D eigenvalue weighted by atomic mass is 10.1. The zero-order valence-corrected chi connectivity index (χ0v) is 22.5. The maximum Gasteiger partial charge on any atom is 0.264 e. The highest BCUT2D eigenvalue weighted by molar-refractivity contribution is 7.92. The number of carbonyl (C=O) groups excluding carboxylic acids is 1. The van der Waals surface area contributed by atoms with Gasteiger partial charge in [0.2, 0.25) is 0 Å². The van der Waals surface area contributed by atoms with Gasteiger partial charge in [0.25, 0.3) is 15.9 Å². The molecule has 2 heterocycles. The number of methoxy groups -OCH3 is 1. The lowest BCUT2D eigenvalue weighted by Gasteiger charge is -2.35. The Morgan fingerprint density at radius 1 is 1.00 bits per heavy atom. The Bertz CT molecular complexity index is 1380. The van der Waals surface area contributed by atoms with Crippen LogP contribution >= 0.6 is 0 Å². The smallest absolute Gasteiger partial charge is 0.264 e. The quantitative estimate of drug-likeness (QED) is 0.471. The fourth-order valence-corrected chi connectivity index (χ4v) is 6.33. The molecular weight excluding hydrogens is 502 g/mol. The molecule has 2 aliphatic rings. The van der Waals surface area contributed by atoms with Crippen molar-refractivity contribution >= 4 is 21.6 Å². The number of hydrogen-bond donors (Lipinski definition) is 1. The van der Waals surface area contributed by atoms with E-state index in [4.69, 9.17) is 9.47 Å². The van der Waals surface area contributed by atoms with E-state index < -0.39 is 16.1 Å². The van der Waals surface area contributed by atoms with Crippen LogP contribution in [0.25, 0.3) is 0 Å². The van der Waals surface area contributed by atoms with Crippen LogP contribution in [0.5, 0.6) is 11.5 Å². The molecule has 1 N–H and O–H groups in total. The van der Waals surface area contributed by atoms with Gasteiger partial charge in [0.15, 0.2) is 6.10 Å². The molecule has 1 atom stereocenters. The Morgan fingerprint density at radius 3 is 2.37 bits per heavy atom. The third kappa shape index (κ3) is 5.63. The average molecular weight is 536 g/mol. The molecule has 0 aliphatic carbocycles. The second kappa shape index (κ2) is 11.0. The van der Waals surface area contributed by atoms with Crippen molar-refractivity contribution in [1.82, 2.24) is 10.2 Å². The first-order valence-electron chi connectivity index (χ1n) is 12.9. The summed E-state index contributed by atoms with van der Waals surface area (Å²) in [6, 6.07) is 19.7. The Balaban J connectivity index is 1.30. The van der Waals surface area contributed by atoms with Crippen molar-refractivity contribution in [2.75, 3.05) is 31.0 Å². The molecule has 9 heteroatoms. The summed E-state index contributed by atoms with van der Waals surface area (Å²) in [5, 5.41) is 2.92. The first-order chi connectivity index (χ1) is 18.3. The molecule has 38 heavy (non-hydrogen) atoms. The maximum atomic E-state index is 13.7. The summed E-state index contributed by atoms with van der Waals surface area (Å²) in [6.07, 6.45) is 1.53. The van der Waals surface area contributed by atoms with Crippen LogP contribution in [0, 0.1) is 6.92 Å². The van der Waals surface area contributed by atoms with Crippen molar-refractivity contribution in [1.29, 1.82) is 0 Å². The second-order valence-electron chi connectivity index (χ2n) is 9.81. The van der Waals surface area contributed by atoms with E-state index in [-0.39, 0.29) is 17.3 Å². The zero-order chi connectivity index (χ0) is 26.7. The van der Waals surface area contributed by atoms with Crippen LogP contribution in [-0.2, 0) is 27.9 Å². The average Bonchev–Trinajstić information content (AvgIpc) is 3.45. The van der Waals surface area contributed by atoms with Gasteiger partial charge in [0, 0.05) is 13.1 Å². The molecule has 3 aromatic rings. The molecule has 0 bridgehead atoms. The molecule has 0 radical (unpaired) electrons. The van der Waals surface area contributed by atoms with Gasteiger partial charge in [-0.3, -0.25) is 14.0 Å². The first-order valence-corrected chi connectivity index (χ1v) is 14.3. The number of aryl methyl sites for hydroxylation is 1. The molecule has 0 saturated carbocycles. The van der Waals surface area contributed by atoms with Crippen LogP contribution in [0.15, 0.2) is 71.6 Å². The minimum Gasteiger partial charge on any atom is -0.497 e. The largest absolute Gasteiger partial charge is 0.497 e. The number of likely N-dealkylation sites (tertiary alicyclic amines) is 1. The Labute approximate surface area is 224 Å². The van der Waals surface area contributed by atoms with Crippen molar-refractivity contribution in [3.05, 3.63) is 83.4 Å². The van der Waals surface area contributed by atoms with Crippen LogP contribution < -0.4 is 19.1 Å². The number of nitrogens with one attached hydrogen (secondary N) is 1. The van der Waals surface area contributed by atoms with Crippen molar-refractivity contribution in [2.45, 2.75) is 43.9 Å². The normalized spacial score (nSPS) is 17.5. The number of sulfonamides is 1. The Hall–Kier alpha value is -3.56. The molecule has 1 saturated heterocycles. The van der Waals surface area contributed by atoms with E-state index in [0.29, 0.717) is 23.7 Å². The Kier molecular flexibility index (Phi) is 7.58. The SMILES string of the molecule is COc1ccc(S(=O)(=O)N2C[C@@H](C(=O)NCc3ccc(CN4CCCC4)cc3)Oc3ccc(C)cc32)cc1. The van der Waals surface area contributed by atoms with E-state index in [2.05, 4.69) is 22.3 Å². The summed E-state index contributed by atoms with van der Waals surface area (Å²) in [6.45, 7) is 5.31. The van der Waals surface area contributed by atoms with Gasteiger partial charge in [0.05, 0.1) is 24.2 Å². The highest BCUT2D eigenvalue weighted by atomic mass is 32.2. The summed E-state index contributed by atoms with van der Waals surface area (Å²) in [7, 11) is -2.43. The number of nitrogens with zero attached hydrogens (tertiary/aromatic N) is 2. The maximum absolute atomic E-state index is 13.7. The standard InChI is InChI=1S/C29H33N3O5S/c1-21-5-14-27-26(17-21)32(38(34,35)25-12-10-24(36-2)11-13-25)20-28(37-27)29(33)30-18-22-6-8-23(9-7-22)19-31-15-3-4-16-31/h5-14,17,28H,3-4,15-16,18-20H2,1-2H3,(H,30,33)/t28-/m0/s1. The van der Waals surface area contributed by atoms with Crippen LogP contribution in [0.1, 0.15) is 29.5 Å². The Morgan fingerprint density at radius 2 is 1.68 bits per heavy atom. The molecule has 0 aromatic heterocycles. The van der Waals surface area contributed by atoms with E-state index in [0.717, 1.165) is 30.8 Å².